The molecule has 0 saturated carbocycles. The molecule has 0 spiro atoms. The second-order valence-electron chi connectivity index (χ2n) is 5.18. The highest BCUT2D eigenvalue weighted by molar-refractivity contribution is 5.44. The number of ether oxygens (including phenoxy) is 1. The van der Waals surface area contributed by atoms with E-state index in [1.165, 1.54) is 26.2 Å². The van der Waals surface area contributed by atoms with Gasteiger partial charge in [-0.2, -0.15) is 0 Å². The van der Waals surface area contributed by atoms with Crippen LogP contribution in [0.2, 0.25) is 0 Å². The Morgan fingerprint density at radius 1 is 1.10 bits per heavy atom. The van der Waals surface area contributed by atoms with Crippen molar-refractivity contribution in [1.82, 2.24) is 9.80 Å². The van der Waals surface area contributed by atoms with Crippen LogP contribution < -0.4 is 10.2 Å². The molecule has 1 N–H and O–H groups in total. The van der Waals surface area contributed by atoms with E-state index in [0.717, 1.165) is 31.0 Å². The van der Waals surface area contributed by atoms with Crippen LogP contribution in [0.5, 0.6) is 5.75 Å². The van der Waals surface area contributed by atoms with E-state index in [2.05, 4.69) is 22.3 Å². The Kier molecular flexibility index (Phi) is 6.11. The molecule has 1 saturated heterocycles. The zero-order valence-electron chi connectivity index (χ0n) is 12.5. The maximum Gasteiger partial charge on any atom is 0.119 e. The average Bonchev–Trinajstić information content (AvgIpc) is 2.49. The van der Waals surface area contributed by atoms with E-state index in [-0.39, 0.29) is 0 Å². The Morgan fingerprint density at radius 2 is 1.80 bits per heavy atom. The van der Waals surface area contributed by atoms with Crippen molar-refractivity contribution in [3.8, 4) is 5.75 Å². The molecule has 0 atom stereocenters. The minimum Gasteiger partial charge on any atom is -0.497 e. The summed E-state index contributed by atoms with van der Waals surface area (Å²) in [5.41, 5.74) is 3.91. The largest absolute Gasteiger partial charge is 0.497 e. The summed E-state index contributed by atoms with van der Waals surface area (Å²) in [4.78, 5) is 10.3. The number of piperazine rings is 1. The third-order valence-corrected chi connectivity index (χ3v) is 3.60. The lowest BCUT2D eigenvalue weighted by Crippen LogP contribution is -2.44. The van der Waals surface area contributed by atoms with Crippen LogP contribution in [-0.4, -0.2) is 63.3 Å². The summed E-state index contributed by atoms with van der Waals surface area (Å²) < 4.78 is 5.11. The van der Waals surface area contributed by atoms with Gasteiger partial charge >= 0.3 is 0 Å². The van der Waals surface area contributed by atoms with Gasteiger partial charge < -0.3 is 14.5 Å². The van der Waals surface area contributed by atoms with Gasteiger partial charge in [0.25, 0.3) is 0 Å². The zero-order chi connectivity index (χ0) is 14.2. The summed E-state index contributed by atoms with van der Waals surface area (Å²) in [6.07, 6.45) is 1.05. The molecule has 20 heavy (non-hydrogen) atoms. The fourth-order valence-electron chi connectivity index (χ4n) is 2.23. The molecule has 5 heteroatoms. The van der Waals surface area contributed by atoms with Gasteiger partial charge in [0.15, 0.2) is 0 Å². The molecule has 1 aromatic rings. The molecule has 5 nitrogen and oxygen atoms in total. The molecule has 0 amide bonds. The first-order valence-electron chi connectivity index (χ1n) is 7.20. The molecule has 1 aromatic carbocycles. The number of hydrogen-bond acceptors (Lipinski definition) is 5. The topological polar surface area (TPSA) is 37.0 Å². The van der Waals surface area contributed by atoms with Gasteiger partial charge in [0.1, 0.15) is 5.75 Å². The molecule has 1 aliphatic heterocycles. The first kappa shape index (κ1) is 15.1. The van der Waals surface area contributed by atoms with Gasteiger partial charge in [0.2, 0.25) is 0 Å². The Bertz CT molecular complexity index is 375. The van der Waals surface area contributed by atoms with Crippen LogP contribution >= 0.6 is 0 Å². The Hall–Kier alpha value is -1.30. The third kappa shape index (κ3) is 5.00. The van der Waals surface area contributed by atoms with Crippen LogP contribution in [-0.2, 0) is 4.84 Å². The van der Waals surface area contributed by atoms with Gasteiger partial charge in [-0.1, -0.05) is 0 Å². The number of hydrogen-bond donors (Lipinski definition) is 1. The number of nitrogens with one attached hydrogen (secondary N) is 1. The lowest BCUT2D eigenvalue weighted by Gasteiger charge is -2.32. The lowest BCUT2D eigenvalue weighted by atomic mass is 10.3. The van der Waals surface area contributed by atoms with Crippen LogP contribution in [0.25, 0.3) is 0 Å². The van der Waals surface area contributed by atoms with E-state index in [4.69, 9.17) is 9.57 Å². The summed E-state index contributed by atoms with van der Waals surface area (Å²) >= 11 is 0. The second kappa shape index (κ2) is 8.09. The van der Waals surface area contributed by atoms with Crippen LogP contribution in [0.1, 0.15) is 6.42 Å². The molecule has 0 bridgehead atoms. The van der Waals surface area contributed by atoms with Crippen molar-refractivity contribution in [1.29, 1.82) is 0 Å². The molecular formula is C15H25N3O2. The molecule has 0 unspecified atom stereocenters. The quantitative estimate of drug-likeness (QED) is 0.607. The number of benzene rings is 1. The predicted molar refractivity (Wildman–Crippen MR) is 81.1 cm³/mol. The van der Waals surface area contributed by atoms with Crippen LogP contribution in [0.4, 0.5) is 5.69 Å². The predicted octanol–water partition coefficient (Wildman–Crippen LogP) is 1.68. The van der Waals surface area contributed by atoms with Crippen molar-refractivity contribution in [2.24, 2.45) is 0 Å². The number of rotatable bonds is 7. The van der Waals surface area contributed by atoms with Gasteiger partial charge in [-0.05, 0) is 37.7 Å². The second-order valence-corrected chi connectivity index (χ2v) is 5.18. The average molecular weight is 279 g/mol. The smallest absolute Gasteiger partial charge is 0.119 e. The first-order chi connectivity index (χ1) is 9.78. The van der Waals surface area contributed by atoms with Gasteiger partial charge in [-0.25, -0.2) is 0 Å². The molecular weight excluding hydrogens is 254 g/mol. The van der Waals surface area contributed by atoms with Crippen molar-refractivity contribution in [2.45, 2.75) is 6.42 Å². The zero-order valence-corrected chi connectivity index (χ0v) is 12.5. The SMILES string of the molecule is COc1ccc(NOCCCN2CCN(C)CC2)cc1. The van der Waals surface area contributed by atoms with E-state index in [9.17, 15) is 0 Å². The number of anilines is 1. The summed E-state index contributed by atoms with van der Waals surface area (Å²) in [5.74, 6) is 0.852. The Balaban J connectivity index is 1.55. The number of likely N-dealkylation sites (N-methyl/N-ethyl adjacent to an activating group) is 1. The van der Waals surface area contributed by atoms with Gasteiger partial charge in [-0.3, -0.25) is 10.3 Å². The molecule has 2 rings (SSSR count). The molecule has 0 radical (unpaired) electrons. The van der Waals surface area contributed by atoms with Crippen molar-refractivity contribution in [3.63, 3.8) is 0 Å². The van der Waals surface area contributed by atoms with Gasteiger partial charge in [-0.15, -0.1) is 0 Å². The van der Waals surface area contributed by atoms with E-state index in [0.29, 0.717) is 0 Å². The van der Waals surface area contributed by atoms with E-state index < -0.39 is 0 Å². The van der Waals surface area contributed by atoms with Crippen molar-refractivity contribution in [3.05, 3.63) is 24.3 Å². The highest BCUT2D eigenvalue weighted by Crippen LogP contribution is 2.14. The fraction of sp³-hybridized carbons (Fsp3) is 0.600. The molecule has 1 fully saturated rings. The minimum absolute atomic E-state index is 0.721. The molecule has 0 aliphatic carbocycles. The van der Waals surface area contributed by atoms with Crippen LogP contribution in [0.15, 0.2) is 24.3 Å². The summed E-state index contributed by atoms with van der Waals surface area (Å²) in [6, 6.07) is 7.71. The van der Waals surface area contributed by atoms with Crippen LogP contribution in [0.3, 0.4) is 0 Å². The van der Waals surface area contributed by atoms with Crippen molar-refractivity contribution >= 4 is 5.69 Å². The molecule has 1 heterocycles. The Morgan fingerprint density at radius 3 is 2.45 bits per heavy atom. The van der Waals surface area contributed by atoms with Gasteiger partial charge in [0.05, 0.1) is 19.4 Å². The van der Waals surface area contributed by atoms with E-state index in [1.807, 2.05) is 24.3 Å². The normalized spacial score (nSPS) is 17.1. The maximum absolute atomic E-state index is 5.48. The Labute approximate surface area is 121 Å². The summed E-state index contributed by atoms with van der Waals surface area (Å²) in [5, 5.41) is 0. The highest BCUT2D eigenvalue weighted by Gasteiger charge is 2.12. The first-order valence-corrected chi connectivity index (χ1v) is 7.20. The minimum atomic E-state index is 0.721. The highest BCUT2D eigenvalue weighted by atomic mass is 16.6. The van der Waals surface area contributed by atoms with E-state index in [1.54, 1.807) is 7.11 Å². The molecule has 1 aliphatic rings. The van der Waals surface area contributed by atoms with Crippen molar-refractivity contribution < 1.29 is 9.57 Å². The lowest BCUT2D eigenvalue weighted by molar-refractivity contribution is 0.130. The molecule has 0 aromatic heterocycles. The standard InChI is InChI=1S/C15H25N3O2/c1-17-9-11-18(12-10-17)8-3-13-20-16-14-4-6-15(19-2)7-5-14/h4-7,16H,3,8-13H2,1-2H3. The number of nitrogens with zero attached hydrogens (tertiary/aromatic N) is 2. The van der Waals surface area contributed by atoms with Crippen LogP contribution in [0, 0.1) is 0 Å². The van der Waals surface area contributed by atoms with E-state index >= 15 is 0 Å². The summed E-state index contributed by atoms with van der Waals surface area (Å²) in [7, 11) is 3.84. The third-order valence-electron chi connectivity index (χ3n) is 3.60. The van der Waals surface area contributed by atoms with Gasteiger partial charge in [0, 0.05) is 32.7 Å². The summed E-state index contributed by atoms with van der Waals surface area (Å²) in [6.45, 7) is 6.51. The fourth-order valence-corrected chi connectivity index (χ4v) is 2.23. The number of methoxy groups -OCH3 is 1. The monoisotopic (exact) mass is 279 g/mol. The maximum atomic E-state index is 5.48. The van der Waals surface area contributed by atoms with Crippen molar-refractivity contribution in [2.75, 3.05) is 59.0 Å². The molecule has 112 valence electrons.